The SMILES string of the molecule is Cc1nc(CNC(=O)Cc2ccc3c(c2)CCCC3)oc1C. The molecule has 0 unspecified atom stereocenters. The molecule has 0 atom stereocenters. The van der Waals surface area contributed by atoms with Crippen molar-refractivity contribution < 1.29 is 9.21 Å². The van der Waals surface area contributed by atoms with Crippen LogP contribution in [0.15, 0.2) is 22.6 Å². The Labute approximate surface area is 130 Å². The first kappa shape index (κ1) is 14.8. The van der Waals surface area contributed by atoms with Crippen molar-refractivity contribution in [3.8, 4) is 0 Å². The molecule has 1 aromatic carbocycles. The summed E-state index contributed by atoms with van der Waals surface area (Å²) in [5.41, 5.74) is 4.81. The summed E-state index contributed by atoms with van der Waals surface area (Å²) in [4.78, 5) is 16.3. The minimum atomic E-state index is 0.00395. The van der Waals surface area contributed by atoms with E-state index in [0.29, 0.717) is 18.9 Å². The Kier molecular flexibility index (Phi) is 4.27. The highest BCUT2D eigenvalue weighted by Gasteiger charge is 2.12. The Hall–Kier alpha value is -2.10. The van der Waals surface area contributed by atoms with Crippen LogP contribution in [-0.2, 0) is 30.6 Å². The van der Waals surface area contributed by atoms with Gasteiger partial charge in [-0.25, -0.2) is 4.98 Å². The van der Waals surface area contributed by atoms with Crippen LogP contribution >= 0.6 is 0 Å². The van der Waals surface area contributed by atoms with Crippen LogP contribution in [0, 0.1) is 13.8 Å². The van der Waals surface area contributed by atoms with Crippen LogP contribution in [0.2, 0.25) is 0 Å². The average molecular weight is 298 g/mol. The molecule has 4 heteroatoms. The van der Waals surface area contributed by atoms with Crippen LogP contribution in [0.1, 0.15) is 46.9 Å². The number of fused-ring (bicyclic) bond motifs is 1. The second-order valence-electron chi connectivity index (χ2n) is 6.01. The third-order valence-corrected chi connectivity index (χ3v) is 4.29. The van der Waals surface area contributed by atoms with Crippen LogP contribution in [0.3, 0.4) is 0 Å². The van der Waals surface area contributed by atoms with Gasteiger partial charge in [-0.05, 0) is 56.2 Å². The Bertz CT molecular complexity index is 669. The lowest BCUT2D eigenvalue weighted by atomic mass is 9.90. The van der Waals surface area contributed by atoms with E-state index in [1.807, 2.05) is 13.8 Å². The lowest BCUT2D eigenvalue weighted by Crippen LogP contribution is -2.24. The van der Waals surface area contributed by atoms with Gasteiger partial charge in [-0.15, -0.1) is 0 Å². The average Bonchev–Trinajstić information content (AvgIpc) is 2.84. The predicted molar refractivity (Wildman–Crippen MR) is 84.6 cm³/mol. The molecule has 0 fully saturated rings. The number of carbonyl (C=O) groups is 1. The zero-order chi connectivity index (χ0) is 15.5. The van der Waals surface area contributed by atoms with Gasteiger partial charge in [0.1, 0.15) is 5.76 Å². The molecular formula is C18H22N2O2. The van der Waals surface area contributed by atoms with Crippen molar-refractivity contribution in [2.45, 2.75) is 52.5 Å². The second-order valence-corrected chi connectivity index (χ2v) is 6.01. The molecule has 1 N–H and O–H groups in total. The number of benzene rings is 1. The van der Waals surface area contributed by atoms with Crippen molar-refractivity contribution in [1.29, 1.82) is 0 Å². The molecule has 1 amide bonds. The van der Waals surface area contributed by atoms with E-state index in [-0.39, 0.29) is 5.91 Å². The molecular weight excluding hydrogens is 276 g/mol. The van der Waals surface area contributed by atoms with Crippen LogP contribution in [0.25, 0.3) is 0 Å². The van der Waals surface area contributed by atoms with Gasteiger partial charge >= 0.3 is 0 Å². The first-order valence-electron chi connectivity index (χ1n) is 7.92. The Morgan fingerprint density at radius 1 is 1.23 bits per heavy atom. The van der Waals surface area contributed by atoms with E-state index in [0.717, 1.165) is 23.4 Å². The predicted octanol–water partition coefficient (Wildman–Crippen LogP) is 3.03. The summed E-state index contributed by atoms with van der Waals surface area (Å²) in [5.74, 6) is 1.37. The van der Waals surface area contributed by atoms with Crippen LogP contribution in [0.4, 0.5) is 0 Å². The number of nitrogens with zero attached hydrogens (tertiary/aromatic N) is 1. The van der Waals surface area contributed by atoms with E-state index >= 15 is 0 Å². The Morgan fingerprint density at radius 2 is 2.00 bits per heavy atom. The molecule has 22 heavy (non-hydrogen) atoms. The molecule has 0 spiro atoms. The van der Waals surface area contributed by atoms with Gasteiger partial charge < -0.3 is 9.73 Å². The first-order valence-corrected chi connectivity index (χ1v) is 7.92. The molecule has 3 rings (SSSR count). The number of hydrogen-bond acceptors (Lipinski definition) is 3. The Morgan fingerprint density at radius 3 is 2.73 bits per heavy atom. The van der Waals surface area contributed by atoms with Crippen molar-refractivity contribution >= 4 is 5.91 Å². The van der Waals surface area contributed by atoms with Crippen molar-refractivity contribution in [1.82, 2.24) is 10.3 Å². The van der Waals surface area contributed by atoms with Gasteiger partial charge in [-0.2, -0.15) is 0 Å². The van der Waals surface area contributed by atoms with E-state index < -0.39 is 0 Å². The normalized spacial score (nSPS) is 13.7. The summed E-state index contributed by atoms with van der Waals surface area (Å²) in [5, 5.41) is 2.87. The monoisotopic (exact) mass is 298 g/mol. The number of hydrogen-bond donors (Lipinski definition) is 1. The molecule has 1 aliphatic carbocycles. The topological polar surface area (TPSA) is 55.1 Å². The molecule has 0 saturated heterocycles. The molecule has 1 heterocycles. The summed E-state index contributed by atoms with van der Waals surface area (Å²) in [6.07, 6.45) is 5.25. The number of aromatic nitrogens is 1. The van der Waals surface area contributed by atoms with Crippen molar-refractivity contribution in [3.63, 3.8) is 0 Å². The number of aryl methyl sites for hydroxylation is 4. The fraction of sp³-hybridized carbons (Fsp3) is 0.444. The summed E-state index contributed by atoms with van der Waals surface area (Å²) >= 11 is 0. The molecule has 1 aliphatic rings. The summed E-state index contributed by atoms with van der Waals surface area (Å²) in [6, 6.07) is 6.44. The maximum atomic E-state index is 12.1. The smallest absolute Gasteiger partial charge is 0.224 e. The summed E-state index contributed by atoms with van der Waals surface area (Å²) < 4.78 is 5.46. The fourth-order valence-corrected chi connectivity index (χ4v) is 2.93. The lowest BCUT2D eigenvalue weighted by Gasteiger charge is -2.16. The largest absolute Gasteiger partial charge is 0.444 e. The second kappa shape index (κ2) is 6.34. The van der Waals surface area contributed by atoms with Crippen molar-refractivity contribution in [2.24, 2.45) is 0 Å². The standard InChI is InChI=1S/C18H22N2O2/c1-12-13(2)22-18(20-12)11-19-17(21)10-14-7-8-15-5-3-4-6-16(15)9-14/h7-9H,3-6,10-11H2,1-2H3,(H,19,21). The van der Waals surface area contributed by atoms with Gasteiger partial charge in [-0.1, -0.05) is 18.2 Å². The molecule has 116 valence electrons. The highest BCUT2D eigenvalue weighted by atomic mass is 16.4. The number of amides is 1. The van der Waals surface area contributed by atoms with Gasteiger partial charge in [-0.3, -0.25) is 4.79 Å². The van der Waals surface area contributed by atoms with E-state index in [1.165, 1.54) is 30.4 Å². The minimum absolute atomic E-state index is 0.00395. The first-order chi connectivity index (χ1) is 10.6. The number of oxazole rings is 1. The van der Waals surface area contributed by atoms with Crippen molar-refractivity contribution in [3.05, 3.63) is 52.2 Å². The fourth-order valence-electron chi connectivity index (χ4n) is 2.93. The number of nitrogens with one attached hydrogen (secondary N) is 1. The molecule has 2 aromatic rings. The Balaban J connectivity index is 1.57. The van der Waals surface area contributed by atoms with E-state index in [2.05, 4.69) is 28.5 Å². The van der Waals surface area contributed by atoms with E-state index in [9.17, 15) is 4.79 Å². The maximum absolute atomic E-state index is 12.1. The molecule has 0 bridgehead atoms. The van der Waals surface area contributed by atoms with Crippen LogP contribution in [-0.4, -0.2) is 10.9 Å². The minimum Gasteiger partial charge on any atom is -0.444 e. The van der Waals surface area contributed by atoms with Gasteiger partial charge in [0.25, 0.3) is 0 Å². The van der Waals surface area contributed by atoms with Gasteiger partial charge in [0, 0.05) is 0 Å². The zero-order valence-electron chi connectivity index (χ0n) is 13.2. The zero-order valence-corrected chi connectivity index (χ0v) is 13.2. The van der Waals surface area contributed by atoms with Crippen molar-refractivity contribution in [2.75, 3.05) is 0 Å². The number of carbonyl (C=O) groups excluding carboxylic acids is 1. The molecule has 0 saturated carbocycles. The summed E-state index contributed by atoms with van der Waals surface area (Å²) in [7, 11) is 0. The third kappa shape index (κ3) is 3.38. The highest BCUT2D eigenvalue weighted by molar-refractivity contribution is 5.78. The molecule has 4 nitrogen and oxygen atoms in total. The van der Waals surface area contributed by atoms with Crippen LogP contribution < -0.4 is 5.32 Å². The van der Waals surface area contributed by atoms with Crippen LogP contribution in [0.5, 0.6) is 0 Å². The van der Waals surface area contributed by atoms with E-state index in [1.54, 1.807) is 0 Å². The van der Waals surface area contributed by atoms with Gasteiger partial charge in [0.05, 0.1) is 18.7 Å². The molecule has 1 aromatic heterocycles. The highest BCUT2D eigenvalue weighted by Crippen LogP contribution is 2.22. The number of rotatable bonds is 4. The lowest BCUT2D eigenvalue weighted by molar-refractivity contribution is -0.120. The van der Waals surface area contributed by atoms with E-state index in [4.69, 9.17) is 4.42 Å². The maximum Gasteiger partial charge on any atom is 0.224 e. The summed E-state index contributed by atoms with van der Waals surface area (Å²) in [6.45, 7) is 4.12. The third-order valence-electron chi connectivity index (χ3n) is 4.29. The molecule has 0 radical (unpaired) electrons. The quantitative estimate of drug-likeness (QED) is 0.944. The van der Waals surface area contributed by atoms with Gasteiger partial charge in [0.15, 0.2) is 0 Å². The van der Waals surface area contributed by atoms with Gasteiger partial charge in [0.2, 0.25) is 11.8 Å². The molecule has 0 aliphatic heterocycles.